The topological polar surface area (TPSA) is 88.0 Å². The normalized spacial score (nSPS) is 14.2. The molecule has 1 atom stereocenters. The number of aromatic nitrogens is 4. The molecule has 2 aromatic carbocycles. The Hall–Kier alpha value is -3.86. The van der Waals surface area contributed by atoms with Crippen molar-refractivity contribution in [2.45, 2.75) is 6.04 Å². The fourth-order valence-corrected chi connectivity index (χ4v) is 5.10. The number of carbonyl (C=O) groups excluding carboxylic acids is 1. The highest BCUT2D eigenvalue weighted by atomic mass is 35.5. The number of benzene rings is 2. The monoisotopic (exact) mass is 549 g/mol. The van der Waals surface area contributed by atoms with Crippen LogP contribution < -0.4 is 15.5 Å². The van der Waals surface area contributed by atoms with Crippen molar-refractivity contribution in [3.8, 4) is 11.1 Å². The van der Waals surface area contributed by atoms with Crippen LogP contribution in [0.5, 0.6) is 0 Å². The summed E-state index contributed by atoms with van der Waals surface area (Å²) < 4.78 is 17.3. The third kappa shape index (κ3) is 5.10. The molecule has 1 fully saturated rings. The van der Waals surface area contributed by atoms with E-state index in [0.717, 1.165) is 37.6 Å². The molecule has 1 aliphatic rings. The third-order valence-electron chi connectivity index (χ3n) is 6.42. The van der Waals surface area contributed by atoms with Crippen LogP contribution in [0.1, 0.15) is 11.6 Å². The van der Waals surface area contributed by atoms with Gasteiger partial charge in [0, 0.05) is 66.7 Å². The number of amides is 1. The van der Waals surface area contributed by atoms with Gasteiger partial charge in [-0.2, -0.15) is 5.10 Å². The lowest BCUT2D eigenvalue weighted by molar-refractivity contribution is -0.118. The number of carbonyl (C=O) groups is 1. The van der Waals surface area contributed by atoms with Gasteiger partial charge in [-0.25, -0.2) is 14.4 Å². The van der Waals surface area contributed by atoms with Crippen LogP contribution in [-0.2, 0) is 4.79 Å². The summed E-state index contributed by atoms with van der Waals surface area (Å²) in [5.74, 6) is 0.135. The number of nitrogens with one attached hydrogen (secondary N) is 2. The number of fused-ring (bicyclic) bond motifs is 1. The molecule has 0 unspecified atom stereocenters. The molecule has 1 amide bonds. The Kier molecular flexibility index (Phi) is 7.64. The number of pyridine rings is 1. The number of piperazine rings is 1. The number of thiazole rings is 1. The van der Waals surface area contributed by atoms with Crippen molar-refractivity contribution in [1.29, 1.82) is 0 Å². The Bertz CT molecular complexity index is 1520. The van der Waals surface area contributed by atoms with Crippen molar-refractivity contribution in [1.82, 2.24) is 25.1 Å². The first-order chi connectivity index (χ1) is 18.2. The van der Waals surface area contributed by atoms with Crippen LogP contribution in [0.3, 0.4) is 0 Å². The molecule has 5 aromatic rings. The maximum atomic E-state index is 15.8. The summed E-state index contributed by atoms with van der Waals surface area (Å²) in [7, 11) is 0. The predicted molar refractivity (Wildman–Crippen MR) is 151 cm³/mol. The first-order valence-electron chi connectivity index (χ1n) is 12.0. The van der Waals surface area contributed by atoms with E-state index in [1.165, 1.54) is 16.0 Å². The number of hydrogen-bond donors (Lipinski definition) is 2. The average Bonchev–Trinajstić information content (AvgIpc) is 3.61. The molecule has 0 saturated carbocycles. The fraction of sp³-hybridized carbons (Fsp3) is 0.185. The number of hydrogen-bond acceptors (Lipinski definition) is 7. The average molecular weight is 550 g/mol. The zero-order valence-electron chi connectivity index (χ0n) is 20.3. The van der Waals surface area contributed by atoms with Crippen LogP contribution in [0.25, 0.3) is 22.0 Å². The van der Waals surface area contributed by atoms with Crippen LogP contribution in [0.15, 0.2) is 78.6 Å². The number of anilines is 2. The standard InChI is InChI=1S/C27H24FN7OS.ClH/c28-23-21(19-7-9-22(31-16-19)34-13-10-29-11-14-34)8-6-20-17-35(33-24(20)23)25(18-4-2-1-3-5-18)26(36)32-27-30-12-15-37-27;/h1-9,12,15-17,25,29H,10-11,13-14H2,(H,30,32,36);1H/t25-;/m1./s1. The highest BCUT2D eigenvalue weighted by Gasteiger charge is 2.26. The molecule has 0 aliphatic carbocycles. The van der Waals surface area contributed by atoms with Crippen molar-refractivity contribution < 1.29 is 9.18 Å². The van der Waals surface area contributed by atoms with Crippen LogP contribution in [0, 0.1) is 5.82 Å². The van der Waals surface area contributed by atoms with Gasteiger partial charge < -0.3 is 10.2 Å². The maximum absolute atomic E-state index is 15.8. The SMILES string of the molecule is Cl.O=C(Nc1nccs1)[C@@H](c1ccccc1)n1cc2ccc(-c3ccc(N4CCNCC4)nc3)c(F)c2n1. The van der Waals surface area contributed by atoms with E-state index in [1.54, 1.807) is 30.0 Å². The summed E-state index contributed by atoms with van der Waals surface area (Å²) in [6.45, 7) is 3.62. The molecule has 8 nitrogen and oxygen atoms in total. The van der Waals surface area contributed by atoms with Crippen molar-refractivity contribution in [2.75, 3.05) is 36.4 Å². The first-order valence-corrected chi connectivity index (χ1v) is 12.9. The lowest BCUT2D eigenvalue weighted by atomic mass is 10.1. The van der Waals surface area contributed by atoms with Gasteiger partial charge in [-0.1, -0.05) is 42.5 Å². The number of halogens is 2. The third-order valence-corrected chi connectivity index (χ3v) is 7.11. The van der Waals surface area contributed by atoms with E-state index in [-0.39, 0.29) is 23.8 Å². The summed E-state index contributed by atoms with van der Waals surface area (Å²) in [6, 6.07) is 15.9. The minimum absolute atomic E-state index is 0. The summed E-state index contributed by atoms with van der Waals surface area (Å²) in [5.41, 5.74) is 2.03. The van der Waals surface area contributed by atoms with Crippen LogP contribution in [-0.4, -0.2) is 51.8 Å². The first kappa shape index (κ1) is 25.8. The number of nitrogens with zero attached hydrogens (tertiary/aromatic N) is 5. The van der Waals surface area contributed by atoms with E-state index >= 15 is 4.39 Å². The summed E-state index contributed by atoms with van der Waals surface area (Å²) in [6.07, 6.45) is 5.03. The minimum atomic E-state index is -0.791. The fourth-order valence-electron chi connectivity index (χ4n) is 4.57. The maximum Gasteiger partial charge on any atom is 0.255 e. The summed E-state index contributed by atoms with van der Waals surface area (Å²) in [4.78, 5) is 24.2. The van der Waals surface area contributed by atoms with Crippen molar-refractivity contribution in [3.63, 3.8) is 0 Å². The largest absolute Gasteiger partial charge is 0.354 e. The Balaban J connectivity index is 0.00000294. The molecule has 194 valence electrons. The molecule has 11 heteroatoms. The van der Waals surface area contributed by atoms with Gasteiger partial charge in [-0.3, -0.25) is 14.8 Å². The Morgan fingerprint density at radius 3 is 2.58 bits per heavy atom. The van der Waals surface area contributed by atoms with Gasteiger partial charge >= 0.3 is 0 Å². The minimum Gasteiger partial charge on any atom is -0.354 e. The smallest absolute Gasteiger partial charge is 0.255 e. The molecule has 38 heavy (non-hydrogen) atoms. The van der Waals surface area contributed by atoms with Gasteiger partial charge in [0.1, 0.15) is 11.3 Å². The molecular formula is C27H25ClFN7OS. The van der Waals surface area contributed by atoms with Crippen LogP contribution >= 0.6 is 23.7 Å². The van der Waals surface area contributed by atoms with E-state index in [4.69, 9.17) is 0 Å². The quantitative estimate of drug-likeness (QED) is 0.318. The lowest BCUT2D eigenvalue weighted by Gasteiger charge is -2.28. The van der Waals surface area contributed by atoms with Gasteiger partial charge in [-0.05, 0) is 17.7 Å². The molecule has 0 bridgehead atoms. The van der Waals surface area contributed by atoms with Crippen LogP contribution in [0.4, 0.5) is 15.3 Å². The van der Waals surface area contributed by atoms with Gasteiger partial charge in [0.15, 0.2) is 17.0 Å². The van der Waals surface area contributed by atoms with Gasteiger partial charge in [-0.15, -0.1) is 23.7 Å². The second kappa shape index (κ2) is 11.3. The van der Waals surface area contributed by atoms with Gasteiger partial charge in [0.05, 0.1) is 0 Å². The molecule has 0 radical (unpaired) electrons. The Morgan fingerprint density at radius 2 is 1.87 bits per heavy atom. The van der Waals surface area contributed by atoms with Crippen molar-refractivity contribution in [3.05, 3.63) is 89.9 Å². The zero-order valence-corrected chi connectivity index (χ0v) is 21.9. The molecule has 6 rings (SSSR count). The zero-order chi connectivity index (χ0) is 25.2. The predicted octanol–water partition coefficient (Wildman–Crippen LogP) is 4.75. The highest BCUT2D eigenvalue weighted by Crippen LogP contribution is 2.31. The molecule has 0 spiro atoms. The van der Waals surface area contributed by atoms with Gasteiger partial charge in [0.2, 0.25) is 0 Å². The van der Waals surface area contributed by atoms with E-state index < -0.39 is 11.9 Å². The Morgan fingerprint density at radius 1 is 1.05 bits per heavy atom. The van der Waals surface area contributed by atoms with E-state index in [9.17, 15) is 4.79 Å². The van der Waals surface area contributed by atoms with E-state index in [0.29, 0.717) is 21.6 Å². The second-order valence-corrected chi connectivity index (χ2v) is 9.65. The summed E-state index contributed by atoms with van der Waals surface area (Å²) in [5, 5.41) is 13.6. The molecule has 2 N–H and O–H groups in total. The molecule has 4 heterocycles. The van der Waals surface area contributed by atoms with Gasteiger partial charge in [0.25, 0.3) is 5.91 Å². The lowest BCUT2D eigenvalue weighted by Crippen LogP contribution is -2.43. The van der Waals surface area contributed by atoms with E-state index in [1.807, 2.05) is 48.5 Å². The van der Waals surface area contributed by atoms with E-state index in [2.05, 4.69) is 30.6 Å². The van der Waals surface area contributed by atoms with Crippen molar-refractivity contribution >= 4 is 51.5 Å². The van der Waals surface area contributed by atoms with Crippen molar-refractivity contribution in [2.24, 2.45) is 0 Å². The summed E-state index contributed by atoms with van der Waals surface area (Å²) >= 11 is 1.33. The molecule has 1 saturated heterocycles. The molecular weight excluding hydrogens is 525 g/mol. The second-order valence-electron chi connectivity index (χ2n) is 8.76. The highest BCUT2D eigenvalue weighted by molar-refractivity contribution is 7.13. The molecule has 1 aliphatic heterocycles. The number of rotatable bonds is 6. The molecule has 3 aromatic heterocycles. The van der Waals surface area contributed by atoms with Crippen LogP contribution in [0.2, 0.25) is 0 Å². The Labute approximate surface area is 228 Å².